The first-order chi connectivity index (χ1) is 8.62. The molecule has 0 aliphatic carbocycles. The highest BCUT2D eigenvalue weighted by molar-refractivity contribution is 5.85. The van der Waals surface area contributed by atoms with E-state index in [4.69, 9.17) is 10.9 Å². The van der Waals surface area contributed by atoms with Crippen LogP contribution in [0.1, 0.15) is 40.0 Å². The average molecular weight is 283 g/mol. The number of alkyl halides is 3. The predicted molar refractivity (Wildman–Crippen MR) is 69.2 cm³/mol. The van der Waals surface area contributed by atoms with Crippen molar-refractivity contribution in [2.24, 2.45) is 16.3 Å². The molecule has 0 saturated carbocycles. The zero-order valence-electron chi connectivity index (χ0n) is 11.8. The van der Waals surface area contributed by atoms with Crippen LogP contribution in [0.15, 0.2) is 5.16 Å². The van der Waals surface area contributed by atoms with Crippen LogP contribution in [0, 0.1) is 5.41 Å². The van der Waals surface area contributed by atoms with Crippen LogP contribution in [0.3, 0.4) is 0 Å². The summed E-state index contributed by atoms with van der Waals surface area (Å²) in [5.74, 6) is 0.148. The highest BCUT2D eigenvalue weighted by atomic mass is 19.4. The second-order valence-electron chi connectivity index (χ2n) is 5.31. The lowest BCUT2D eigenvalue weighted by molar-refractivity contribution is -0.145. The van der Waals surface area contributed by atoms with Crippen molar-refractivity contribution in [1.82, 2.24) is 4.90 Å². The van der Waals surface area contributed by atoms with E-state index in [1.807, 2.05) is 13.8 Å². The number of nitrogens with zero attached hydrogens (tertiary/aromatic N) is 2. The number of hydrogen-bond donors (Lipinski definition) is 2. The molecule has 0 bridgehead atoms. The smallest absolute Gasteiger partial charge is 0.401 e. The molecule has 0 aromatic heterocycles. The Morgan fingerprint density at radius 2 is 1.84 bits per heavy atom. The lowest BCUT2D eigenvalue weighted by Gasteiger charge is -2.24. The van der Waals surface area contributed by atoms with Crippen LogP contribution >= 0.6 is 0 Å². The topological polar surface area (TPSA) is 61.8 Å². The van der Waals surface area contributed by atoms with Crippen molar-refractivity contribution in [3.05, 3.63) is 0 Å². The molecule has 0 atom stereocenters. The summed E-state index contributed by atoms with van der Waals surface area (Å²) in [5.41, 5.74) is 5.11. The molecule has 0 heterocycles. The van der Waals surface area contributed by atoms with Gasteiger partial charge >= 0.3 is 6.18 Å². The van der Waals surface area contributed by atoms with Crippen molar-refractivity contribution in [2.75, 3.05) is 19.6 Å². The summed E-state index contributed by atoms with van der Waals surface area (Å²) >= 11 is 0. The monoisotopic (exact) mass is 283 g/mol. The van der Waals surface area contributed by atoms with Gasteiger partial charge in [-0.25, -0.2) is 0 Å². The molecule has 0 aromatic rings. The van der Waals surface area contributed by atoms with Gasteiger partial charge in [-0.15, -0.1) is 0 Å². The zero-order valence-corrected chi connectivity index (χ0v) is 11.8. The predicted octanol–water partition coefficient (Wildman–Crippen LogP) is 2.81. The third kappa shape index (κ3) is 7.92. The van der Waals surface area contributed by atoms with Gasteiger partial charge in [-0.2, -0.15) is 13.2 Å². The zero-order chi connectivity index (χ0) is 15.1. The summed E-state index contributed by atoms with van der Waals surface area (Å²) in [4.78, 5) is 1.37. The molecule has 19 heavy (non-hydrogen) atoms. The minimum atomic E-state index is -4.15. The van der Waals surface area contributed by atoms with E-state index in [1.165, 1.54) is 4.90 Å². The van der Waals surface area contributed by atoms with Gasteiger partial charge in [0.05, 0.1) is 6.54 Å². The fourth-order valence-corrected chi connectivity index (χ4v) is 1.77. The number of nitrogens with two attached hydrogens (primary N) is 1. The summed E-state index contributed by atoms with van der Waals surface area (Å²) in [5, 5.41) is 11.6. The number of rotatable bonds is 8. The van der Waals surface area contributed by atoms with Gasteiger partial charge in [0.15, 0.2) is 0 Å². The van der Waals surface area contributed by atoms with Crippen molar-refractivity contribution < 1.29 is 18.4 Å². The molecular formula is C12H24F3N3O. The van der Waals surface area contributed by atoms with E-state index in [0.717, 1.165) is 6.42 Å². The lowest BCUT2D eigenvalue weighted by atomic mass is 9.86. The Kier molecular flexibility index (Phi) is 7.18. The van der Waals surface area contributed by atoms with Crippen LogP contribution < -0.4 is 5.73 Å². The molecule has 7 heteroatoms. The molecule has 0 aliphatic rings. The van der Waals surface area contributed by atoms with Gasteiger partial charge in [0.1, 0.15) is 5.84 Å². The minimum Gasteiger partial charge on any atom is -0.409 e. The molecular weight excluding hydrogens is 259 g/mol. The minimum absolute atomic E-state index is 0.148. The number of oxime groups is 1. The highest BCUT2D eigenvalue weighted by Gasteiger charge is 2.30. The van der Waals surface area contributed by atoms with Gasteiger partial charge in [-0.05, 0) is 25.9 Å². The van der Waals surface area contributed by atoms with Crippen molar-refractivity contribution in [3.63, 3.8) is 0 Å². The Morgan fingerprint density at radius 1 is 1.26 bits per heavy atom. The normalized spacial score (nSPS) is 14.2. The SMILES string of the molecule is CCN(CCCCC(C)(C)C(N)=NO)CC(F)(F)F. The second-order valence-corrected chi connectivity index (χ2v) is 5.31. The van der Waals surface area contributed by atoms with Gasteiger partial charge in [0.25, 0.3) is 0 Å². The standard InChI is InChI=1S/C12H24F3N3O/c1-4-18(9-12(13,14)15)8-6-5-7-11(2,3)10(16)17-19/h19H,4-9H2,1-3H3,(H2,16,17). The lowest BCUT2D eigenvalue weighted by Crippen LogP contribution is -2.35. The maximum absolute atomic E-state index is 12.2. The first-order valence-electron chi connectivity index (χ1n) is 6.39. The first kappa shape index (κ1) is 18.0. The van der Waals surface area contributed by atoms with Crippen molar-refractivity contribution in [3.8, 4) is 0 Å². The largest absolute Gasteiger partial charge is 0.409 e. The summed E-state index contributed by atoms with van der Waals surface area (Å²) in [6, 6.07) is 0. The number of amidine groups is 1. The Hall–Kier alpha value is -0.980. The van der Waals surface area contributed by atoms with E-state index in [0.29, 0.717) is 25.9 Å². The molecule has 0 unspecified atom stereocenters. The fraction of sp³-hybridized carbons (Fsp3) is 0.917. The van der Waals surface area contributed by atoms with Gasteiger partial charge in [-0.3, -0.25) is 4.90 Å². The maximum Gasteiger partial charge on any atom is 0.401 e. The van der Waals surface area contributed by atoms with Crippen LogP contribution in [0.2, 0.25) is 0 Å². The van der Waals surface area contributed by atoms with Crippen LogP contribution in [0.4, 0.5) is 13.2 Å². The Balaban J connectivity index is 4.03. The molecule has 0 spiro atoms. The van der Waals surface area contributed by atoms with Gasteiger partial charge in [0.2, 0.25) is 0 Å². The van der Waals surface area contributed by atoms with Gasteiger partial charge in [-0.1, -0.05) is 32.3 Å². The summed E-state index contributed by atoms with van der Waals surface area (Å²) in [6.07, 6.45) is -2.08. The van der Waals surface area contributed by atoms with Crippen molar-refractivity contribution in [2.45, 2.75) is 46.2 Å². The summed E-state index contributed by atoms with van der Waals surface area (Å²) < 4.78 is 36.7. The molecule has 0 saturated heterocycles. The van der Waals surface area contributed by atoms with Crippen molar-refractivity contribution >= 4 is 5.84 Å². The molecule has 0 amide bonds. The van der Waals surface area contributed by atoms with Crippen LogP contribution in [-0.2, 0) is 0 Å². The van der Waals surface area contributed by atoms with E-state index in [1.54, 1.807) is 6.92 Å². The number of hydrogen-bond acceptors (Lipinski definition) is 3. The fourth-order valence-electron chi connectivity index (χ4n) is 1.77. The third-order valence-corrected chi connectivity index (χ3v) is 3.18. The van der Waals surface area contributed by atoms with E-state index in [9.17, 15) is 13.2 Å². The van der Waals surface area contributed by atoms with Crippen LogP contribution in [-0.4, -0.2) is 41.8 Å². The maximum atomic E-state index is 12.2. The summed E-state index contributed by atoms with van der Waals surface area (Å²) in [6.45, 7) is 5.31. The molecule has 0 rings (SSSR count). The molecule has 0 aromatic carbocycles. The molecule has 0 radical (unpaired) electrons. The highest BCUT2D eigenvalue weighted by Crippen LogP contribution is 2.23. The average Bonchev–Trinajstić information content (AvgIpc) is 2.30. The van der Waals surface area contributed by atoms with E-state index in [2.05, 4.69) is 5.16 Å². The quantitative estimate of drug-likeness (QED) is 0.237. The Morgan fingerprint density at radius 3 is 2.26 bits per heavy atom. The van der Waals surface area contributed by atoms with E-state index >= 15 is 0 Å². The van der Waals surface area contributed by atoms with E-state index < -0.39 is 18.1 Å². The Bertz CT molecular complexity index is 290. The van der Waals surface area contributed by atoms with Crippen LogP contribution in [0.25, 0.3) is 0 Å². The third-order valence-electron chi connectivity index (χ3n) is 3.18. The van der Waals surface area contributed by atoms with Gasteiger partial charge < -0.3 is 10.9 Å². The molecule has 0 aliphatic heterocycles. The van der Waals surface area contributed by atoms with E-state index in [-0.39, 0.29) is 5.84 Å². The Labute approximate surface area is 112 Å². The number of halogens is 3. The van der Waals surface area contributed by atoms with Crippen molar-refractivity contribution in [1.29, 1.82) is 0 Å². The first-order valence-corrected chi connectivity index (χ1v) is 6.39. The summed E-state index contributed by atoms with van der Waals surface area (Å²) in [7, 11) is 0. The second kappa shape index (κ2) is 7.57. The molecule has 114 valence electrons. The van der Waals surface area contributed by atoms with Crippen LogP contribution in [0.5, 0.6) is 0 Å². The number of unbranched alkanes of at least 4 members (excludes halogenated alkanes) is 1. The van der Waals surface area contributed by atoms with Gasteiger partial charge in [0, 0.05) is 5.41 Å². The molecule has 4 nitrogen and oxygen atoms in total. The molecule has 3 N–H and O–H groups in total. The molecule has 0 fully saturated rings.